The maximum Gasteiger partial charge on any atom is 0.258 e. The minimum absolute atomic E-state index is 0. The van der Waals surface area contributed by atoms with Gasteiger partial charge in [0.25, 0.3) is 5.91 Å². The molecule has 3 aromatic rings. The van der Waals surface area contributed by atoms with Crippen LogP contribution in [0.1, 0.15) is 39.5 Å². The molecule has 1 heterocycles. The molecule has 0 atom stereocenters. The van der Waals surface area contributed by atoms with Gasteiger partial charge in [-0.15, -0.1) is 0 Å². The monoisotopic (exact) mass is 453 g/mol. The lowest BCUT2D eigenvalue weighted by atomic mass is 10.0. The first kappa shape index (κ1) is 23.8. The van der Waals surface area contributed by atoms with Gasteiger partial charge < -0.3 is 15.5 Å². The first-order valence-corrected chi connectivity index (χ1v) is 10.8. The number of nitrogens with zero attached hydrogens (tertiary/aromatic N) is 3. The summed E-state index contributed by atoms with van der Waals surface area (Å²) >= 11 is 0. The quantitative estimate of drug-likeness (QED) is 0.470. The van der Waals surface area contributed by atoms with Crippen molar-refractivity contribution in [3.8, 4) is 11.3 Å². The second-order valence-electron chi connectivity index (χ2n) is 7.86. The summed E-state index contributed by atoms with van der Waals surface area (Å²) in [5.41, 5.74) is 1.65. The van der Waals surface area contributed by atoms with Gasteiger partial charge >= 0.3 is 0 Å². The number of anilines is 1. The fraction of sp³-hybridized carbons (Fsp3) is 0.280. The Morgan fingerprint density at radius 3 is 2.42 bits per heavy atom. The predicted molar refractivity (Wildman–Crippen MR) is 130 cm³/mol. The van der Waals surface area contributed by atoms with Crippen LogP contribution in [0.4, 0.5) is 10.3 Å². The zero-order valence-corrected chi connectivity index (χ0v) is 19.0. The number of carbonyl (C=O) groups is 2. The second kappa shape index (κ2) is 11.2. The van der Waals surface area contributed by atoms with Crippen molar-refractivity contribution in [2.75, 3.05) is 18.4 Å². The molecule has 0 saturated carbocycles. The van der Waals surface area contributed by atoms with Gasteiger partial charge in [0, 0.05) is 47.2 Å². The molecule has 7 nitrogen and oxygen atoms in total. The van der Waals surface area contributed by atoms with E-state index in [-0.39, 0.29) is 43.5 Å². The van der Waals surface area contributed by atoms with Gasteiger partial charge in [-0.2, -0.15) is 0 Å². The molecule has 2 aromatic carbocycles. The van der Waals surface area contributed by atoms with Crippen LogP contribution in [-0.2, 0) is 11.3 Å². The standard InChI is InChI=1S/C25H28FN5O2.2H2/c1-17(2)31(16-19-9-5-4-6-10-19)24(33)21-15-29-25(28-14-13-27-18(3)32)30-23(21)20-11-7-8-12-22(20)26;;/h4-12,15,17H,13-14,16H2,1-3H3,(H,27,32)(H,28,29,30);2*1H. The topological polar surface area (TPSA) is 87.2 Å². The molecule has 0 bridgehead atoms. The molecule has 0 unspecified atom stereocenters. The fourth-order valence-corrected chi connectivity index (χ4v) is 3.32. The van der Waals surface area contributed by atoms with Gasteiger partial charge in [0.2, 0.25) is 11.9 Å². The van der Waals surface area contributed by atoms with Crippen LogP contribution in [0.3, 0.4) is 0 Å². The number of hydrogen-bond donors (Lipinski definition) is 2. The molecule has 8 heteroatoms. The van der Waals surface area contributed by atoms with E-state index in [1.807, 2.05) is 44.2 Å². The Labute approximate surface area is 196 Å². The number of halogens is 1. The third-order valence-corrected chi connectivity index (χ3v) is 5.01. The number of aromatic nitrogens is 2. The van der Waals surface area contributed by atoms with Gasteiger partial charge in [-0.25, -0.2) is 14.4 Å². The summed E-state index contributed by atoms with van der Waals surface area (Å²) in [6.07, 6.45) is 1.43. The van der Waals surface area contributed by atoms with E-state index in [4.69, 9.17) is 0 Å². The van der Waals surface area contributed by atoms with Crippen molar-refractivity contribution in [3.05, 3.63) is 77.7 Å². The summed E-state index contributed by atoms with van der Waals surface area (Å²) in [6.45, 7) is 6.47. The zero-order valence-electron chi connectivity index (χ0n) is 19.0. The molecule has 0 aliphatic heterocycles. The summed E-state index contributed by atoms with van der Waals surface area (Å²) in [5, 5.41) is 5.68. The van der Waals surface area contributed by atoms with E-state index in [9.17, 15) is 14.0 Å². The normalized spacial score (nSPS) is 10.7. The van der Waals surface area contributed by atoms with Crippen LogP contribution in [0.5, 0.6) is 0 Å². The first-order valence-electron chi connectivity index (χ1n) is 10.8. The molecule has 2 amide bonds. The lowest BCUT2D eigenvalue weighted by Crippen LogP contribution is -2.37. The molecule has 0 aliphatic carbocycles. The maximum absolute atomic E-state index is 14.7. The molecule has 2 N–H and O–H groups in total. The van der Waals surface area contributed by atoms with E-state index in [1.54, 1.807) is 23.1 Å². The maximum atomic E-state index is 14.7. The van der Waals surface area contributed by atoms with Gasteiger partial charge in [0.1, 0.15) is 5.82 Å². The molecule has 3 rings (SSSR count). The zero-order chi connectivity index (χ0) is 23.8. The third kappa shape index (κ3) is 6.35. The summed E-state index contributed by atoms with van der Waals surface area (Å²) < 4.78 is 14.7. The molecule has 0 spiro atoms. The summed E-state index contributed by atoms with van der Waals surface area (Å²) in [5.74, 6) is -0.655. The van der Waals surface area contributed by atoms with Crippen molar-refractivity contribution >= 4 is 17.8 Å². The molecule has 0 fully saturated rings. The number of nitrogens with one attached hydrogen (secondary N) is 2. The summed E-state index contributed by atoms with van der Waals surface area (Å²) in [7, 11) is 0. The molecule has 0 saturated heterocycles. The van der Waals surface area contributed by atoms with Crippen LogP contribution < -0.4 is 10.6 Å². The number of hydrogen-bond acceptors (Lipinski definition) is 5. The van der Waals surface area contributed by atoms with Crippen molar-refractivity contribution in [2.24, 2.45) is 0 Å². The van der Waals surface area contributed by atoms with Crippen LogP contribution in [0.25, 0.3) is 11.3 Å². The minimum atomic E-state index is -0.478. The largest absolute Gasteiger partial charge is 0.355 e. The van der Waals surface area contributed by atoms with Gasteiger partial charge in [0.05, 0.1) is 11.3 Å². The van der Waals surface area contributed by atoms with Crippen LogP contribution in [-0.4, -0.2) is 45.8 Å². The van der Waals surface area contributed by atoms with Crippen LogP contribution in [0, 0.1) is 5.82 Å². The van der Waals surface area contributed by atoms with Crippen LogP contribution in [0.15, 0.2) is 60.8 Å². The SMILES string of the molecule is CC(=O)NCCNc1ncc(C(=O)N(Cc2ccccc2)C(C)C)c(-c2ccccc2F)n1.[HH].[HH]. The molecule has 0 radical (unpaired) electrons. The predicted octanol–water partition coefficient (Wildman–Crippen LogP) is 4.37. The van der Waals surface area contributed by atoms with E-state index in [0.29, 0.717) is 19.6 Å². The molecular weight excluding hydrogens is 421 g/mol. The lowest BCUT2D eigenvalue weighted by Gasteiger charge is -2.27. The second-order valence-corrected chi connectivity index (χ2v) is 7.86. The fourth-order valence-electron chi connectivity index (χ4n) is 3.32. The highest BCUT2D eigenvalue weighted by molar-refractivity contribution is 6.00. The smallest absolute Gasteiger partial charge is 0.258 e. The van der Waals surface area contributed by atoms with Crippen molar-refractivity contribution in [1.82, 2.24) is 20.2 Å². The van der Waals surface area contributed by atoms with Crippen molar-refractivity contribution in [1.29, 1.82) is 0 Å². The first-order chi connectivity index (χ1) is 15.9. The van der Waals surface area contributed by atoms with Crippen molar-refractivity contribution in [3.63, 3.8) is 0 Å². The average molecular weight is 454 g/mol. The molecule has 0 aliphatic rings. The minimum Gasteiger partial charge on any atom is -0.355 e. The lowest BCUT2D eigenvalue weighted by molar-refractivity contribution is -0.118. The molecule has 33 heavy (non-hydrogen) atoms. The molecule has 176 valence electrons. The highest BCUT2D eigenvalue weighted by Gasteiger charge is 2.25. The van der Waals surface area contributed by atoms with E-state index < -0.39 is 5.82 Å². The number of rotatable bonds is 9. The summed E-state index contributed by atoms with van der Waals surface area (Å²) in [6, 6.07) is 15.8. The van der Waals surface area contributed by atoms with E-state index in [0.717, 1.165) is 5.56 Å². The van der Waals surface area contributed by atoms with E-state index >= 15 is 0 Å². The van der Waals surface area contributed by atoms with E-state index in [2.05, 4.69) is 20.6 Å². The Balaban J connectivity index is 0.00000306. The highest BCUT2D eigenvalue weighted by atomic mass is 19.1. The van der Waals surface area contributed by atoms with Gasteiger partial charge in [0.15, 0.2) is 0 Å². The van der Waals surface area contributed by atoms with Crippen molar-refractivity contribution in [2.45, 2.75) is 33.4 Å². The van der Waals surface area contributed by atoms with Crippen LogP contribution in [0.2, 0.25) is 0 Å². The Morgan fingerprint density at radius 2 is 1.76 bits per heavy atom. The summed E-state index contributed by atoms with van der Waals surface area (Å²) in [4.78, 5) is 35.1. The highest BCUT2D eigenvalue weighted by Crippen LogP contribution is 2.27. The Bertz CT molecular complexity index is 1120. The van der Waals surface area contributed by atoms with Gasteiger partial charge in [-0.05, 0) is 31.5 Å². The Kier molecular flexibility index (Phi) is 8.07. The van der Waals surface area contributed by atoms with Crippen LogP contribution >= 0.6 is 0 Å². The van der Waals surface area contributed by atoms with Crippen molar-refractivity contribution < 1.29 is 16.8 Å². The molecule has 1 aromatic heterocycles. The number of carbonyl (C=O) groups excluding carboxylic acids is 2. The number of amides is 2. The number of benzene rings is 2. The average Bonchev–Trinajstić information content (AvgIpc) is 2.80. The molecular formula is C25H32FN5O2. The third-order valence-electron chi connectivity index (χ3n) is 5.01. The van der Waals surface area contributed by atoms with Gasteiger partial charge in [-0.1, -0.05) is 42.5 Å². The van der Waals surface area contributed by atoms with E-state index in [1.165, 1.54) is 19.2 Å². The Hall–Kier alpha value is -3.81. The Morgan fingerprint density at radius 1 is 1.06 bits per heavy atom. The van der Waals surface area contributed by atoms with Gasteiger partial charge in [-0.3, -0.25) is 9.59 Å².